The van der Waals surface area contributed by atoms with Gasteiger partial charge in [-0.15, -0.1) is 0 Å². The van der Waals surface area contributed by atoms with Gasteiger partial charge in [0, 0.05) is 37.2 Å². The molecule has 7 nitrogen and oxygen atoms in total. The highest BCUT2D eigenvalue weighted by Crippen LogP contribution is 2.18. The molecule has 2 amide bonds. The average Bonchev–Trinajstić information content (AvgIpc) is 2.75. The number of hydrogen-bond acceptors (Lipinski definition) is 5. The number of anilines is 1. The summed E-state index contributed by atoms with van der Waals surface area (Å²) >= 11 is 0. The Morgan fingerprint density at radius 2 is 1.66 bits per heavy atom. The lowest BCUT2D eigenvalue weighted by Crippen LogP contribution is -2.24. The van der Waals surface area contributed by atoms with E-state index < -0.39 is 0 Å². The van der Waals surface area contributed by atoms with Gasteiger partial charge in [0.25, 0.3) is 5.91 Å². The predicted molar refractivity (Wildman–Crippen MR) is 110 cm³/mol. The summed E-state index contributed by atoms with van der Waals surface area (Å²) in [5.41, 5.74) is 1.08. The van der Waals surface area contributed by atoms with Gasteiger partial charge < -0.3 is 20.1 Å². The number of likely N-dealkylation sites (N-methyl/N-ethyl adjacent to an activating group) is 1. The molecule has 0 bridgehead atoms. The number of nitrogens with one attached hydrogen (secondary N) is 2. The van der Waals surface area contributed by atoms with E-state index in [2.05, 4.69) is 10.6 Å². The summed E-state index contributed by atoms with van der Waals surface area (Å²) in [7, 11) is 1.53. The zero-order valence-corrected chi connectivity index (χ0v) is 16.7. The quantitative estimate of drug-likeness (QED) is 0.567. The van der Waals surface area contributed by atoms with Gasteiger partial charge in [-0.05, 0) is 42.8 Å². The minimum absolute atomic E-state index is 0.0657. The Bertz CT molecular complexity index is 833. The van der Waals surface area contributed by atoms with E-state index in [9.17, 15) is 14.4 Å². The van der Waals surface area contributed by atoms with Crippen LogP contribution in [0.1, 0.15) is 36.5 Å². The molecule has 0 saturated carbocycles. The predicted octanol–water partition coefficient (Wildman–Crippen LogP) is 3.20. The third-order valence-corrected chi connectivity index (χ3v) is 3.99. The molecule has 2 N–H and O–H groups in total. The third-order valence-electron chi connectivity index (χ3n) is 3.99. The van der Waals surface area contributed by atoms with Crippen molar-refractivity contribution in [1.82, 2.24) is 5.32 Å². The summed E-state index contributed by atoms with van der Waals surface area (Å²) in [5.74, 6) is 0.560. The van der Waals surface area contributed by atoms with Crippen molar-refractivity contribution in [1.29, 1.82) is 0 Å². The number of carbonyl (C=O) groups is 3. The molecule has 7 heteroatoms. The van der Waals surface area contributed by atoms with E-state index in [1.165, 1.54) is 7.05 Å². The first-order valence-corrected chi connectivity index (χ1v) is 9.51. The van der Waals surface area contributed by atoms with Crippen LogP contribution in [0.15, 0.2) is 48.5 Å². The topological polar surface area (TPSA) is 93.7 Å². The normalized spacial score (nSPS) is 10.1. The van der Waals surface area contributed by atoms with Crippen LogP contribution in [0.3, 0.4) is 0 Å². The molecule has 0 atom stereocenters. The molecule has 0 aromatic heterocycles. The van der Waals surface area contributed by atoms with Crippen molar-refractivity contribution in [2.24, 2.45) is 0 Å². The van der Waals surface area contributed by atoms with E-state index >= 15 is 0 Å². The van der Waals surface area contributed by atoms with Crippen LogP contribution in [0.5, 0.6) is 11.5 Å². The molecule has 0 aliphatic carbocycles. The van der Waals surface area contributed by atoms with Crippen LogP contribution in [-0.4, -0.2) is 37.9 Å². The first-order valence-electron chi connectivity index (χ1n) is 9.51. The molecule has 0 saturated heterocycles. The largest absolute Gasteiger partial charge is 0.494 e. The molecule has 29 heavy (non-hydrogen) atoms. The van der Waals surface area contributed by atoms with Gasteiger partial charge in [-0.2, -0.15) is 0 Å². The van der Waals surface area contributed by atoms with Crippen molar-refractivity contribution >= 4 is 23.3 Å². The van der Waals surface area contributed by atoms with Crippen molar-refractivity contribution in [2.75, 3.05) is 25.6 Å². The Balaban J connectivity index is 1.81. The van der Waals surface area contributed by atoms with E-state index in [-0.39, 0.29) is 37.0 Å². The molecule has 2 rings (SSSR count). The van der Waals surface area contributed by atoms with Crippen LogP contribution < -0.4 is 20.1 Å². The zero-order chi connectivity index (χ0) is 21.1. The summed E-state index contributed by atoms with van der Waals surface area (Å²) < 4.78 is 10.8. The van der Waals surface area contributed by atoms with Gasteiger partial charge in [-0.1, -0.05) is 13.0 Å². The molecule has 0 spiro atoms. The minimum atomic E-state index is -0.273. The molecule has 0 heterocycles. The number of carbonyl (C=O) groups excluding carboxylic acids is 3. The second-order valence-corrected chi connectivity index (χ2v) is 6.33. The fourth-order valence-electron chi connectivity index (χ4n) is 2.44. The number of Topliss-reactive ketones (excluding diaryl/α,β-unsaturated/α-hetero) is 1. The molecular formula is C22H26N2O5. The Labute approximate surface area is 170 Å². The Morgan fingerprint density at radius 3 is 2.34 bits per heavy atom. The SMILES string of the molecule is CCCOc1ccc(C(=O)CCC(=O)Nc2cccc(OCC(=O)NC)c2)cc1. The third kappa shape index (κ3) is 7.65. The molecule has 0 fully saturated rings. The maximum absolute atomic E-state index is 12.3. The van der Waals surface area contributed by atoms with Gasteiger partial charge in [0.2, 0.25) is 5.91 Å². The minimum Gasteiger partial charge on any atom is -0.494 e. The molecule has 0 radical (unpaired) electrons. The summed E-state index contributed by atoms with van der Waals surface area (Å²) in [6.45, 7) is 2.55. The standard InChI is InChI=1S/C22H26N2O5/c1-3-13-28-18-9-7-16(8-10-18)20(25)11-12-21(26)24-17-5-4-6-19(14-17)29-15-22(27)23-2/h4-10,14H,3,11-13,15H2,1-2H3,(H,23,27)(H,24,26). The van der Waals surface area contributed by atoms with Crippen molar-refractivity contribution in [3.05, 3.63) is 54.1 Å². The highest BCUT2D eigenvalue weighted by molar-refractivity contribution is 6.00. The lowest BCUT2D eigenvalue weighted by atomic mass is 10.1. The lowest BCUT2D eigenvalue weighted by Gasteiger charge is -2.09. The lowest BCUT2D eigenvalue weighted by molar-refractivity contribution is -0.122. The Kier molecular flexibility index (Phi) is 8.69. The van der Waals surface area contributed by atoms with E-state index in [1.54, 1.807) is 48.5 Å². The highest BCUT2D eigenvalue weighted by Gasteiger charge is 2.10. The first kappa shape index (κ1) is 21.9. The van der Waals surface area contributed by atoms with Crippen LogP contribution >= 0.6 is 0 Å². The maximum Gasteiger partial charge on any atom is 0.257 e. The Hall–Kier alpha value is -3.35. The van der Waals surface area contributed by atoms with Crippen LogP contribution in [0.4, 0.5) is 5.69 Å². The monoisotopic (exact) mass is 398 g/mol. The van der Waals surface area contributed by atoms with E-state index in [1.807, 2.05) is 6.92 Å². The molecule has 2 aromatic rings. The number of rotatable bonds is 11. The van der Waals surface area contributed by atoms with Crippen LogP contribution in [-0.2, 0) is 9.59 Å². The van der Waals surface area contributed by atoms with Gasteiger partial charge >= 0.3 is 0 Å². The molecule has 0 aliphatic rings. The van der Waals surface area contributed by atoms with E-state index in [0.717, 1.165) is 12.2 Å². The summed E-state index contributed by atoms with van der Waals surface area (Å²) in [5, 5.41) is 5.19. The second-order valence-electron chi connectivity index (χ2n) is 6.33. The molecule has 0 aliphatic heterocycles. The number of hydrogen-bond donors (Lipinski definition) is 2. The first-order chi connectivity index (χ1) is 14.0. The van der Waals surface area contributed by atoms with Crippen LogP contribution in [0, 0.1) is 0 Å². The van der Waals surface area contributed by atoms with Gasteiger partial charge in [-0.25, -0.2) is 0 Å². The fraction of sp³-hybridized carbons (Fsp3) is 0.318. The zero-order valence-electron chi connectivity index (χ0n) is 16.7. The highest BCUT2D eigenvalue weighted by atomic mass is 16.5. The maximum atomic E-state index is 12.3. The Morgan fingerprint density at radius 1 is 0.897 bits per heavy atom. The van der Waals surface area contributed by atoms with Crippen molar-refractivity contribution < 1.29 is 23.9 Å². The van der Waals surface area contributed by atoms with E-state index in [0.29, 0.717) is 23.6 Å². The summed E-state index contributed by atoms with van der Waals surface area (Å²) in [6, 6.07) is 13.7. The number of ether oxygens (including phenoxy) is 2. The molecular weight excluding hydrogens is 372 g/mol. The smallest absolute Gasteiger partial charge is 0.257 e. The van der Waals surface area contributed by atoms with Crippen LogP contribution in [0.25, 0.3) is 0 Å². The molecule has 2 aromatic carbocycles. The summed E-state index contributed by atoms with van der Waals surface area (Å²) in [4.78, 5) is 35.7. The van der Waals surface area contributed by atoms with Gasteiger partial charge in [0.05, 0.1) is 6.61 Å². The second kappa shape index (κ2) is 11.5. The van der Waals surface area contributed by atoms with Gasteiger partial charge in [0.1, 0.15) is 11.5 Å². The number of amides is 2. The average molecular weight is 398 g/mol. The van der Waals surface area contributed by atoms with Crippen molar-refractivity contribution in [3.63, 3.8) is 0 Å². The van der Waals surface area contributed by atoms with E-state index in [4.69, 9.17) is 9.47 Å². The van der Waals surface area contributed by atoms with Crippen molar-refractivity contribution in [2.45, 2.75) is 26.2 Å². The van der Waals surface area contributed by atoms with Crippen molar-refractivity contribution in [3.8, 4) is 11.5 Å². The molecule has 0 unspecified atom stereocenters. The van der Waals surface area contributed by atoms with Crippen LogP contribution in [0.2, 0.25) is 0 Å². The molecule has 154 valence electrons. The summed E-state index contributed by atoms with van der Waals surface area (Å²) in [6.07, 6.45) is 1.09. The van der Waals surface area contributed by atoms with Gasteiger partial charge in [-0.3, -0.25) is 14.4 Å². The number of benzene rings is 2. The fourth-order valence-corrected chi connectivity index (χ4v) is 2.44. The number of ketones is 1. The van der Waals surface area contributed by atoms with Gasteiger partial charge in [0.15, 0.2) is 12.4 Å².